The zero-order valence-corrected chi connectivity index (χ0v) is 10.8. The Kier molecular flexibility index (Phi) is 3.75. The molecule has 1 N–H and O–H groups in total. The van der Waals surface area contributed by atoms with E-state index in [-0.39, 0.29) is 21.8 Å². The van der Waals surface area contributed by atoms with Crippen molar-refractivity contribution in [1.82, 2.24) is 0 Å². The molecule has 0 aliphatic rings. The van der Waals surface area contributed by atoms with Crippen LogP contribution in [0.3, 0.4) is 0 Å². The Morgan fingerprint density at radius 1 is 1.24 bits per heavy atom. The molecular weight excluding hydrogens is 264 g/mol. The molecule has 0 amide bonds. The van der Waals surface area contributed by atoms with Gasteiger partial charge in [-0.3, -0.25) is 4.55 Å². The average Bonchev–Trinajstić information content (AvgIpc) is 2.26. The molecule has 0 saturated heterocycles. The lowest BCUT2D eigenvalue weighted by molar-refractivity contribution is 0.481. The van der Waals surface area contributed by atoms with Gasteiger partial charge in [-0.1, -0.05) is 19.6 Å². The summed E-state index contributed by atoms with van der Waals surface area (Å²) in [7, 11) is -8.17. The second kappa shape index (κ2) is 4.59. The van der Waals surface area contributed by atoms with Gasteiger partial charge in [-0.05, 0) is 24.1 Å². The highest BCUT2D eigenvalue weighted by molar-refractivity contribution is 7.94. The van der Waals surface area contributed by atoms with Crippen molar-refractivity contribution in [3.63, 3.8) is 0 Å². The van der Waals surface area contributed by atoms with Crippen LogP contribution < -0.4 is 0 Å². The largest absolute Gasteiger partial charge is 0.294 e. The van der Waals surface area contributed by atoms with E-state index >= 15 is 0 Å². The summed E-state index contributed by atoms with van der Waals surface area (Å²) < 4.78 is 54.6. The Labute approximate surface area is 100 Å². The van der Waals surface area contributed by atoms with E-state index in [4.69, 9.17) is 4.55 Å². The Morgan fingerprint density at radius 2 is 1.76 bits per heavy atom. The van der Waals surface area contributed by atoms with Crippen molar-refractivity contribution in [2.75, 3.05) is 0 Å². The molecule has 5 nitrogen and oxygen atoms in total. The molecule has 0 spiro atoms. The second-order valence-corrected chi connectivity index (χ2v) is 6.53. The number of benzene rings is 1. The topological polar surface area (TPSA) is 88.5 Å². The molecular formula is C10H12O5S2. The van der Waals surface area contributed by atoms with Crippen LogP contribution >= 0.6 is 0 Å². The molecule has 0 atom stereocenters. The van der Waals surface area contributed by atoms with Crippen LogP contribution in [0, 0.1) is 0 Å². The third-order valence-corrected chi connectivity index (χ3v) is 4.62. The summed E-state index contributed by atoms with van der Waals surface area (Å²) in [4.78, 5) is -0.534. The second-order valence-electron chi connectivity index (χ2n) is 3.27. The molecule has 0 heterocycles. The molecule has 1 aromatic carbocycles. The lowest BCUT2D eigenvalue weighted by Gasteiger charge is -2.09. The van der Waals surface area contributed by atoms with Crippen molar-refractivity contribution < 1.29 is 21.4 Å². The van der Waals surface area contributed by atoms with Crippen LogP contribution in [-0.2, 0) is 26.4 Å². The van der Waals surface area contributed by atoms with E-state index < -0.39 is 20.0 Å². The van der Waals surface area contributed by atoms with Gasteiger partial charge in [0.1, 0.15) is 0 Å². The molecule has 94 valence electrons. The highest BCUT2D eigenvalue weighted by Crippen LogP contribution is 2.25. The first-order valence-electron chi connectivity index (χ1n) is 4.71. The monoisotopic (exact) mass is 276 g/mol. The SMILES string of the molecule is C=CS(=O)(=O)c1cccc(S(=O)(=O)O)c1CC. The summed E-state index contributed by atoms with van der Waals surface area (Å²) in [5.74, 6) is 0. The van der Waals surface area contributed by atoms with Crippen molar-refractivity contribution in [3.8, 4) is 0 Å². The minimum atomic E-state index is -4.44. The summed E-state index contributed by atoms with van der Waals surface area (Å²) in [6.45, 7) is 4.78. The minimum absolute atomic E-state index is 0.0647. The quantitative estimate of drug-likeness (QED) is 0.840. The van der Waals surface area contributed by atoms with E-state index in [0.29, 0.717) is 0 Å². The van der Waals surface area contributed by atoms with Gasteiger partial charge in [0.2, 0.25) is 0 Å². The van der Waals surface area contributed by atoms with Crippen LogP contribution in [0.15, 0.2) is 40.0 Å². The third kappa shape index (κ3) is 2.74. The average molecular weight is 276 g/mol. The zero-order valence-electron chi connectivity index (χ0n) is 9.12. The molecule has 0 aliphatic carbocycles. The molecule has 1 rings (SSSR count). The predicted molar refractivity (Wildman–Crippen MR) is 63.0 cm³/mol. The first-order valence-corrected chi connectivity index (χ1v) is 7.69. The van der Waals surface area contributed by atoms with Crippen molar-refractivity contribution >= 4 is 20.0 Å². The summed E-state index contributed by atoms with van der Waals surface area (Å²) >= 11 is 0. The first-order chi connectivity index (χ1) is 7.74. The fourth-order valence-corrected chi connectivity index (χ4v) is 3.42. The molecule has 17 heavy (non-hydrogen) atoms. The van der Waals surface area contributed by atoms with Crippen molar-refractivity contribution in [2.24, 2.45) is 0 Å². The molecule has 0 bridgehead atoms. The molecule has 0 unspecified atom stereocenters. The summed E-state index contributed by atoms with van der Waals surface area (Å²) in [5, 5.41) is 0.745. The van der Waals surface area contributed by atoms with Crippen LogP contribution in [0.2, 0.25) is 0 Å². The number of hydrogen-bond donors (Lipinski definition) is 1. The van der Waals surface area contributed by atoms with Crippen LogP contribution in [0.1, 0.15) is 12.5 Å². The highest BCUT2D eigenvalue weighted by atomic mass is 32.2. The van der Waals surface area contributed by atoms with E-state index in [0.717, 1.165) is 11.5 Å². The maximum Gasteiger partial charge on any atom is 0.294 e. The van der Waals surface area contributed by atoms with E-state index in [1.807, 2.05) is 0 Å². The zero-order chi connectivity index (χ0) is 13.3. The molecule has 0 fully saturated rings. The molecule has 1 aromatic rings. The van der Waals surface area contributed by atoms with E-state index in [1.54, 1.807) is 6.92 Å². The fraction of sp³-hybridized carbons (Fsp3) is 0.200. The van der Waals surface area contributed by atoms with Gasteiger partial charge in [-0.25, -0.2) is 8.42 Å². The van der Waals surface area contributed by atoms with Crippen LogP contribution in [0.4, 0.5) is 0 Å². The minimum Gasteiger partial charge on any atom is -0.282 e. The predicted octanol–water partition coefficient (Wildman–Crippen LogP) is 1.41. The summed E-state index contributed by atoms with van der Waals surface area (Å²) in [5.41, 5.74) is 0.0647. The van der Waals surface area contributed by atoms with Gasteiger partial charge in [-0.15, -0.1) is 0 Å². The van der Waals surface area contributed by atoms with Crippen molar-refractivity contribution in [2.45, 2.75) is 23.1 Å². The van der Waals surface area contributed by atoms with Crippen LogP contribution in [0.5, 0.6) is 0 Å². The summed E-state index contributed by atoms with van der Waals surface area (Å²) in [6, 6.07) is 3.71. The summed E-state index contributed by atoms with van der Waals surface area (Å²) in [6.07, 6.45) is 0.165. The van der Waals surface area contributed by atoms with Gasteiger partial charge in [0.05, 0.1) is 9.79 Å². The molecule has 0 saturated carbocycles. The third-order valence-electron chi connectivity index (χ3n) is 2.25. The Hall–Kier alpha value is -1.18. The van der Waals surface area contributed by atoms with Gasteiger partial charge in [-0.2, -0.15) is 8.42 Å². The Bertz CT molecular complexity index is 641. The number of hydrogen-bond acceptors (Lipinski definition) is 4. The van der Waals surface area contributed by atoms with E-state index in [1.165, 1.54) is 12.1 Å². The Morgan fingerprint density at radius 3 is 2.18 bits per heavy atom. The lowest BCUT2D eigenvalue weighted by atomic mass is 10.2. The van der Waals surface area contributed by atoms with Crippen LogP contribution in [0.25, 0.3) is 0 Å². The van der Waals surface area contributed by atoms with Gasteiger partial charge >= 0.3 is 0 Å². The smallest absolute Gasteiger partial charge is 0.282 e. The van der Waals surface area contributed by atoms with Gasteiger partial charge in [0, 0.05) is 5.41 Å². The fourth-order valence-electron chi connectivity index (χ4n) is 1.49. The number of sulfone groups is 1. The Balaban J connectivity index is 3.74. The van der Waals surface area contributed by atoms with Crippen molar-refractivity contribution in [3.05, 3.63) is 35.7 Å². The normalized spacial score (nSPS) is 12.4. The maximum absolute atomic E-state index is 11.7. The first kappa shape index (κ1) is 13.9. The lowest BCUT2D eigenvalue weighted by Crippen LogP contribution is -2.08. The van der Waals surface area contributed by atoms with Crippen molar-refractivity contribution in [1.29, 1.82) is 0 Å². The molecule has 7 heteroatoms. The molecule has 0 aliphatic heterocycles. The standard InChI is InChI=1S/C10H12O5S2/c1-3-8-9(16(11,12)4-2)6-5-7-10(8)17(13,14)15/h4-7H,2-3H2,1H3,(H,13,14,15). The highest BCUT2D eigenvalue weighted by Gasteiger charge is 2.22. The van der Waals surface area contributed by atoms with E-state index in [2.05, 4.69) is 6.58 Å². The van der Waals surface area contributed by atoms with Gasteiger partial charge < -0.3 is 0 Å². The van der Waals surface area contributed by atoms with Gasteiger partial charge in [0.25, 0.3) is 10.1 Å². The van der Waals surface area contributed by atoms with Gasteiger partial charge in [0.15, 0.2) is 9.84 Å². The molecule has 0 aromatic heterocycles. The molecule has 0 radical (unpaired) electrons. The number of rotatable bonds is 4. The van der Waals surface area contributed by atoms with Crippen LogP contribution in [-0.4, -0.2) is 21.4 Å². The maximum atomic E-state index is 11.7. The van der Waals surface area contributed by atoms with E-state index in [9.17, 15) is 16.8 Å².